The van der Waals surface area contributed by atoms with E-state index in [1.807, 2.05) is 0 Å². The topological polar surface area (TPSA) is 108 Å². The van der Waals surface area contributed by atoms with Gasteiger partial charge in [0.25, 0.3) is 0 Å². The maximum Gasteiger partial charge on any atom is 0.229 e. The zero-order valence-corrected chi connectivity index (χ0v) is 13.7. The summed E-state index contributed by atoms with van der Waals surface area (Å²) < 4.78 is 6.75. The molecule has 1 aliphatic rings. The molecular formula is C13H19N7O2S. The third-order valence-electron chi connectivity index (χ3n) is 4.02. The molecule has 124 valence electrons. The smallest absolute Gasteiger partial charge is 0.229 e. The lowest BCUT2D eigenvalue weighted by molar-refractivity contribution is -0.121. The highest BCUT2D eigenvalue weighted by Gasteiger charge is 2.27. The number of hydrogen-bond acceptors (Lipinski definition) is 8. The maximum atomic E-state index is 12.3. The van der Waals surface area contributed by atoms with Crippen LogP contribution in [-0.2, 0) is 22.7 Å². The second-order valence-electron chi connectivity index (χ2n) is 5.67. The van der Waals surface area contributed by atoms with Crippen molar-refractivity contribution in [3.8, 4) is 0 Å². The first-order valence-electron chi connectivity index (χ1n) is 7.57. The van der Waals surface area contributed by atoms with E-state index in [4.69, 9.17) is 4.74 Å². The fraction of sp³-hybridized carbons (Fsp3) is 0.692. The highest BCUT2D eigenvalue weighted by atomic mass is 32.1. The predicted octanol–water partition coefficient (Wildman–Crippen LogP) is 1.12. The number of carbonyl (C=O) groups excluding carboxylic acids is 1. The van der Waals surface area contributed by atoms with Crippen LogP contribution in [0.15, 0.2) is 6.33 Å². The van der Waals surface area contributed by atoms with Gasteiger partial charge >= 0.3 is 0 Å². The van der Waals surface area contributed by atoms with Crippen LogP contribution in [-0.4, -0.2) is 43.4 Å². The third kappa shape index (κ3) is 4.29. The minimum atomic E-state index is 0.0333. The van der Waals surface area contributed by atoms with Gasteiger partial charge in [0.2, 0.25) is 11.0 Å². The normalized spacial score (nSPS) is 21.3. The molecule has 1 fully saturated rings. The lowest BCUT2D eigenvalue weighted by atomic mass is 9.81. The van der Waals surface area contributed by atoms with Gasteiger partial charge in [-0.2, -0.15) is 0 Å². The second kappa shape index (κ2) is 7.55. The SMILES string of the molecule is COCc1nnc(NC(=O)C2CCC(Cn3cnnn3)CC2)s1. The fourth-order valence-electron chi connectivity index (χ4n) is 2.83. The van der Waals surface area contributed by atoms with Crippen LogP contribution < -0.4 is 5.32 Å². The molecule has 1 aliphatic carbocycles. The Kier molecular flexibility index (Phi) is 5.23. The molecule has 0 bridgehead atoms. The van der Waals surface area contributed by atoms with E-state index in [-0.39, 0.29) is 11.8 Å². The average Bonchev–Trinajstić information content (AvgIpc) is 3.21. The van der Waals surface area contributed by atoms with Crippen molar-refractivity contribution in [2.45, 2.75) is 38.8 Å². The molecule has 2 aromatic heterocycles. The van der Waals surface area contributed by atoms with Crippen LogP contribution in [0.3, 0.4) is 0 Å². The standard InChI is InChI=1S/C13H19N7O2S/c1-22-7-11-16-17-13(23-11)15-12(21)10-4-2-9(3-5-10)6-20-8-14-18-19-20/h8-10H,2-7H2,1H3,(H,15,17,21). The quantitative estimate of drug-likeness (QED) is 0.841. The molecule has 2 aromatic rings. The number of methoxy groups -OCH3 is 1. The van der Waals surface area contributed by atoms with Gasteiger partial charge in [-0.25, -0.2) is 4.68 Å². The zero-order chi connectivity index (χ0) is 16.1. The summed E-state index contributed by atoms with van der Waals surface area (Å²) in [4.78, 5) is 12.3. The van der Waals surface area contributed by atoms with Gasteiger partial charge in [0.1, 0.15) is 17.9 Å². The molecule has 0 unspecified atom stereocenters. The Morgan fingerprint density at radius 2 is 2.22 bits per heavy atom. The maximum absolute atomic E-state index is 12.3. The lowest BCUT2D eigenvalue weighted by Gasteiger charge is -2.27. The molecular weight excluding hydrogens is 318 g/mol. The van der Waals surface area contributed by atoms with Gasteiger partial charge in [0, 0.05) is 19.6 Å². The number of anilines is 1. The van der Waals surface area contributed by atoms with Gasteiger partial charge in [0.15, 0.2) is 0 Å². The minimum absolute atomic E-state index is 0.0333. The van der Waals surface area contributed by atoms with Crippen molar-refractivity contribution >= 4 is 22.4 Å². The molecule has 0 radical (unpaired) electrons. The number of hydrogen-bond donors (Lipinski definition) is 1. The Labute approximate surface area is 137 Å². The average molecular weight is 337 g/mol. The number of ether oxygens (including phenoxy) is 1. The summed E-state index contributed by atoms with van der Waals surface area (Å²) >= 11 is 1.35. The number of carbonyl (C=O) groups is 1. The number of rotatable bonds is 6. The van der Waals surface area contributed by atoms with E-state index in [0.717, 1.165) is 37.2 Å². The third-order valence-corrected chi connectivity index (χ3v) is 4.83. The van der Waals surface area contributed by atoms with Crippen molar-refractivity contribution in [2.24, 2.45) is 11.8 Å². The van der Waals surface area contributed by atoms with E-state index < -0.39 is 0 Å². The number of amides is 1. The first-order valence-corrected chi connectivity index (χ1v) is 8.39. The van der Waals surface area contributed by atoms with Gasteiger partial charge in [-0.15, -0.1) is 15.3 Å². The van der Waals surface area contributed by atoms with Crippen LogP contribution in [0.25, 0.3) is 0 Å². The van der Waals surface area contributed by atoms with Crippen LogP contribution in [0.1, 0.15) is 30.7 Å². The van der Waals surface area contributed by atoms with Gasteiger partial charge in [-0.1, -0.05) is 11.3 Å². The second-order valence-corrected chi connectivity index (χ2v) is 6.73. The lowest BCUT2D eigenvalue weighted by Crippen LogP contribution is -2.28. The molecule has 1 N–H and O–H groups in total. The van der Waals surface area contributed by atoms with Gasteiger partial charge in [-0.3, -0.25) is 4.79 Å². The summed E-state index contributed by atoms with van der Waals surface area (Å²) in [5.41, 5.74) is 0. The Morgan fingerprint density at radius 3 is 2.91 bits per heavy atom. The molecule has 9 nitrogen and oxygen atoms in total. The highest BCUT2D eigenvalue weighted by Crippen LogP contribution is 2.30. The molecule has 1 saturated carbocycles. The molecule has 0 saturated heterocycles. The highest BCUT2D eigenvalue weighted by molar-refractivity contribution is 7.15. The van der Waals surface area contributed by atoms with E-state index in [9.17, 15) is 4.79 Å². The van der Waals surface area contributed by atoms with Crippen molar-refractivity contribution in [1.82, 2.24) is 30.4 Å². The first-order chi connectivity index (χ1) is 11.2. The number of tetrazole rings is 1. The summed E-state index contributed by atoms with van der Waals surface area (Å²) in [6, 6.07) is 0. The summed E-state index contributed by atoms with van der Waals surface area (Å²) in [6.45, 7) is 1.23. The number of nitrogens with zero attached hydrogens (tertiary/aromatic N) is 6. The van der Waals surface area contributed by atoms with Crippen molar-refractivity contribution < 1.29 is 9.53 Å². The van der Waals surface area contributed by atoms with Crippen LogP contribution in [0.4, 0.5) is 5.13 Å². The monoisotopic (exact) mass is 337 g/mol. The molecule has 1 amide bonds. The van der Waals surface area contributed by atoms with E-state index in [1.165, 1.54) is 11.3 Å². The molecule has 0 aliphatic heterocycles. The fourth-order valence-corrected chi connectivity index (χ4v) is 3.54. The summed E-state index contributed by atoms with van der Waals surface area (Å²) in [5, 5.41) is 23.3. The van der Waals surface area contributed by atoms with Crippen molar-refractivity contribution in [3.05, 3.63) is 11.3 Å². The van der Waals surface area contributed by atoms with E-state index >= 15 is 0 Å². The molecule has 0 aromatic carbocycles. The summed E-state index contributed by atoms with van der Waals surface area (Å²) in [6.07, 6.45) is 5.39. The van der Waals surface area contributed by atoms with Crippen LogP contribution in [0, 0.1) is 11.8 Å². The zero-order valence-electron chi connectivity index (χ0n) is 12.9. The van der Waals surface area contributed by atoms with Crippen LogP contribution in [0.2, 0.25) is 0 Å². The molecule has 10 heteroatoms. The van der Waals surface area contributed by atoms with E-state index in [0.29, 0.717) is 17.7 Å². The van der Waals surface area contributed by atoms with E-state index in [1.54, 1.807) is 18.1 Å². The largest absolute Gasteiger partial charge is 0.377 e. The first kappa shape index (κ1) is 15.9. The Balaban J connectivity index is 1.45. The predicted molar refractivity (Wildman–Crippen MR) is 82.5 cm³/mol. The minimum Gasteiger partial charge on any atom is -0.377 e. The Hall–Kier alpha value is -1.94. The van der Waals surface area contributed by atoms with Crippen molar-refractivity contribution in [3.63, 3.8) is 0 Å². The van der Waals surface area contributed by atoms with Gasteiger partial charge < -0.3 is 10.1 Å². The van der Waals surface area contributed by atoms with E-state index in [2.05, 4.69) is 31.0 Å². The summed E-state index contributed by atoms with van der Waals surface area (Å²) in [5.74, 6) is 0.596. The van der Waals surface area contributed by atoms with Crippen molar-refractivity contribution in [2.75, 3.05) is 12.4 Å². The molecule has 2 heterocycles. The van der Waals surface area contributed by atoms with Gasteiger partial charge in [0.05, 0.1) is 0 Å². The van der Waals surface area contributed by atoms with Crippen molar-refractivity contribution in [1.29, 1.82) is 0 Å². The van der Waals surface area contributed by atoms with Crippen LogP contribution >= 0.6 is 11.3 Å². The Bertz CT molecular complexity index is 622. The number of nitrogens with one attached hydrogen (secondary N) is 1. The van der Waals surface area contributed by atoms with Crippen LogP contribution in [0.5, 0.6) is 0 Å². The molecule has 3 rings (SSSR count). The van der Waals surface area contributed by atoms with Gasteiger partial charge in [-0.05, 0) is 42.0 Å². The summed E-state index contributed by atoms with van der Waals surface area (Å²) in [7, 11) is 1.60. The molecule has 23 heavy (non-hydrogen) atoms. The Morgan fingerprint density at radius 1 is 1.39 bits per heavy atom. The molecule has 0 atom stereocenters. The molecule has 0 spiro atoms. The number of aromatic nitrogens is 6.